The number of carbonyl (C=O) groups excluding carboxylic acids is 1. The van der Waals surface area contributed by atoms with Crippen LogP contribution in [0.5, 0.6) is 0 Å². The van der Waals surface area contributed by atoms with Crippen molar-refractivity contribution in [1.29, 1.82) is 0 Å². The van der Waals surface area contributed by atoms with Gasteiger partial charge in [-0.2, -0.15) is 0 Å². The van der Waals surface area contributed by atoms with Gasteiger partial charge < -0.3 is 11.1 Å². The topological polar surface area (TPSA) is 55.1 Å². The molecule has 0 radical (unpaired) electrons. The van der Waals surface area contributed by atoms with E-state index in [0.29, 0.717) is 12.8 Å². The zero-order chi connectivity index (χ0) is 14.6. The predicted molar refractivity (Wildman–Crippen MR) is 78.7 cm³/mol. The Morgan fingerprint density at radius 2 is 2.00 bits per heavy atom. The first-order valence-corrected chi connectivity index (χ1v) is 6.65. The quantitative estimate of drug-likeness (QED) is 0.816. The van der Waals surface area contributed by atoms with Gasteiger partial charge in [-0.25, -0.2) is 4.39 Å². The number of rotatable bonds is 5. The van der Waals surface area contributed by atoms with E-state index in [2.05, 4.69) is 5.32 Å². The van der Waals surface area contributed by atoms with Gasteiger partial charge in [-0.15, -0.1) is 0 Å². The first-order valence-electron chi connectivity index (χ1n) is 6.25. The summed E-state index contributed by atoms with van der Waals surface area (Å²) in [4.78, 5) is 12.4. The number of carbonyl (C=O) groups is 1. The maximum atomic E-state index is 13.8. The number of halogens is 1. The number of nitrogens with one attached hydrogen (secondary N) is 1. The summed E-state index contributed by atoms with van der Waals surface area (Å²) in [5, 5.41) is 2.76. The van der Waals surface area contributed by atoms with E-state index < -0.39 is 17.3 Å². The fourth-order valence-electron chi connectivity index (χ4n) is 1.93. The lowest BCUT2D eigenvalue weighted by molar-refractivity contribution is 0.0915. The lowest BCUT2D eigenvalue weighted by atomic mass is 9.92. The van der Waals surface area contributed by atoms with Crippen LogP contribution in [0.4, 0.5) is 4.39 Å². The molecule has 0 aliphatic carbocycles. The van der Waals surface area contributed by atoms with E-state index in [1.54, 1.807) is 13.0 Å². The minimum absolute atomic E-state index is 0.00752. The SMILES string of the molecule is CCC(CC)(NC(=O)c1ccc(C)cc1F)C(N)=S. The number of benzene rings is 1. The first-order chi connectivity index (χ1) is 8.86. The van der Waals surface area contributed by atoms with Gasteiger partial charge in [0.15, 0.2) is 0 Å². The number of hydrogen-bond acceptors (Lipinski definition) is 2. The molecule has 0 saturated heterocycles. The fraction of sp³-hybridized carbons (Fsp3) is 0.429. The summed E-state index contributed by atoms with van der Waals surface area (Å²) in [6.07, 6.45) is 1.14. The van der Waals surface area contributed by atoms with E-state index in [1.807, 2.05) is 13.8 Å². The van der Waals surface area contributed by atoms with Crippen molar-refractivity contribution in [2.75, 3.05) is 0 Å². The van der Waals surface area contributed by atoms with Crippen LogP contribution >= 0.6 is 12.2 Å². The third-order valence-electron chi connectivity index (χ3n) is 3.40. The van der Waals surface area contributed by atoms with E-state index in [9.17, 15) is 9.18 Å². The molecule has 0 bridgehead atoms. The Labute approximate surface area is 118 Å². The Hall–Kier alpha value is -1.49. The molecule has 0 aliphatic heterocycles. The van der Waals surface area contributed by atoms with Crippen molar-refractivity contribution in [2.24, 2.45) is 5.73 Å². The first kappa shape index (κ1) is 15.6. The van der Waals surface area contributed by atoms with E-state index in [0.717, 1.165) is 5.56 Å². The number of aryl methyl sites for hydroxylation is 1. The molecular weight excluding hydrogens is 263 g/mol. The zero-order valence-corrected chi connectivity index (χ0v) is 12.2. The molecule has 104 valence electrons. The zero-order valence-electron chi connectivity index (χ0n) is 11.4. The van der Waals surface area contributed by atoms with Gasteiger partial charge in [0, 0.05) is 0 Å². The molecule has 0 atom stereocenters. The number of amides is 1. The molecule has 1 rings (SSSR count). The molecule has 1 amide bonds. The minimum Gasteiger partial charge on any atom is -0.391 e. The maximum Gasteiger partial charge on any atom is 0.255 e. The van der Waals surface area contributed by atoms with Gasteiger partial charge in [0.05, 0.1) is 16.1 Å². The predicted octanol–water partition coefficient (Wildman–Crippen LogP) is 2.71. The van der Waals surface area contributed by atoms with Gasteiger partial charge in [0.25, 0.3) is 5.91 Å². The van der Waals surface area contributed by atoms with Crippen LogP contribution in [-0.4, -0.2) is 16.4 Å². The summed E-state index contributed by atoms with van der Waals surface area (Å²) in [6, 6.07) is 4.49. The van der Waals surface area contributed by atoms with Crippen LogP contribution in [-0.2, 0) is 0 Å². The van der Waals surface area contributed by atoms with Crippen LogP contribution in [0.25, 0.3) is 0 Å². The van der Waals surface area contributed by atoms with Crippen LogP contribution in [0.15, 0.2) is 18.2 Å². The number of hydrogen-bond donors (Lipinski definition) is 2. The summed E-state index contributed by atoms with van der Waals surface area (Å²) in [5.74, 6) is -1.03. The Morgan fingerprint density at radius 1 is 1.42 bits per heavy atom. The third kappa shape index (κ3) is 3.29. The van der Waals surface area contributed by atoms with Gasteiger partial charge in [-0.3, -0.25) is 4.79 Å². The summed E-state index contributed by atoms with van der Waals surface area (Å²) in [6.45, 7) is 5.53. The second kappa shape index (κ2) is 6.10. The van der Waals surface area contributed by atoms with Crippen molar-refractivity contribution < 1.29 is 9.18 Å². The molecule has 0 aromatic heterocycles. The number of nitrogens with two attached hydrogens (primary N) is 1. The van der Waals surface area contributed by atoms with Crippen LogP contribution in [0.3, 0.4) is 0 Å². The molecular formula is C14H19FN2OS. The van der Waals surface area contributed by atoms with E-state index in [-0.39, 0.29) is 10.6 Å². The van der Waals surface area contributed by atoms with Crippen LogP contribution < -0.4 is 11.1 Å². The summed E-state index contributed by atoms with van der Waals surface area (Å²) in [5.41, 5.74) is 5.72. The fourth-order valence-corrected chi connectivity index (χ4v) is 2.27. The largest absolute Gasteiger partial charge is 0.391 e. The van der Waals surface area contributed by atoms with Gasteiger partial charge in [0.1, 0.15) is 5.82 Å². The second-order valence-electron chi connectivity index (χ2n) is 4.59. The van der Waals surface area contributed by atoms with Crippen LogP contribution in [0.1, 0.15) is 42.6 Å². The van der Waals surface area contributed by atoms with Crippen molar-refractivity contribution >= 4 is 23.1 Å². The van der Waals surface area contributed by atoms with Gasteiger partial charge in [-0.1, -0.05) is 32.1 Å². The normalized spacial score (nSPS) is 11.2. The molecule has 0 unspecified atom stereocenters. The smallest absolute Gasteiger partial charge is 0.255 e. The third-order valence-corrected chi connectivity index (χ3v) is 3.79. The Morgan fingerprint density at radius 3 is 2.42 bits per heavy atom. The van der Waals surface area contributed by atoms with Crippen molar-refractivity contribution in [3.63, 3.8) is 0 Å². The summed E-state index contributed by atoms with van der Waals surface area (Å²) >= 11 is 5.02. The second-order valence-corrected chi connectivity index (χ2v) is 5.03. The van der Waals surface area contributed by atoms with Crippen molar-refractivity contribution in [2.45, 2.75) is 39.2 Å². The molecule has 0 saturated carbocycles. The molecule has 1 aromatic carbocycles. The summed E-state index contributed by atoms with van der Waals surface area (Å²) in [7, 11) is 0. The van der Waals surface area contributed by atoms with Gasteiger partial charge in [-0.05, 0) is 37.5 Å². The van der Waals surface area contributed by atoms with Crippen LogP contribution in [0, 0.1) is 12.7 Å². The lowest BCUT2D eigenvalue weighted by Crippen LogP contribution is -2.56. The number of thiocarbonyl (C=S) groups is 1. The minimum atomic E-state index is -0.760. The maximum absolute atomic E-state index is 13.8. The van der Waals surface area contributed by atoms with Crippen molar-refractivity contribution in [3.8, 4) is 0 Å². The van der Waals surface area contributed by atoms with Gasteiger partial charge >= 0.3 is 0 Å². The van der Waals surface area contributed by atoms with Gasteiger partial charge in [0.2, 0.25) is 0 Å². The van der Waals surface area contributed by atoms with E-state index in [1.165, 1.54) is 12.1 Å². The average Bonchev–Trinajstić information content (AvgIpc) is 2.35. The standard InChI is InChI=1S/C14H19FN2OS/c1-4-14(5-2,13(16)19)17-12(18)10-7-6-9(3)8-11(10)15/h6-8H,4-5H2,1-3H3,(H2,16,19)(H,17,18). The van der Waals surface area contributed by atoms with Crippen LogP contribution in [0.2, 0.25) is 0 Å². The molecule has 3 nitrogen and oxygen atoms in total. The molecule has 0 fully saturated rings. The average molecular weight is 282 g/mol. The molecule has 3 N–H and O–H groups in total. The Bertz CT molecular complexity index is 498. The molecule has 0 heterocycles. The molecule has 5 heteroatoms. The molecule has 0 spiro atoms. The highest BCUT2D eigenvalue weighted by Crippen LogP contribution is 2.18. The molecule has 0 aliphatic rings. The summed E-state index contributed by atoms with van der Waals surface area (Å²) < 4.78 is 13.8. The monoisotopic (exact) mass is 282 g/mol. The highest BCUT2D eigenvalue weighted by atomic mass is 32.1. The molecule has 1 aromatic rings. The Kier molecular flexibility index (Phi) is 5.00. The van der Waals surface area contributed by atoms with Crippen molar-refractivity contribution in [1.82, 2.24) is 5.32 Å². The van der Waals surface area contributed by atoms with Crippen molar-refractivity contribution in [3.05, 3.63) is 35.1 Å². The highest BCUT2D eigenvalue weighted by molar-refractivity contribution is 7.80. The highest BCUT2D eigenvalue weighted by Gasteiger charge is 2.32. The van der Waals surface area contributed by atoms with E-state index >= 15 is 0 Å². The Balaban J connectivity index is 3.04. The molecule has 19 heavy (non-hydrogen) atoms. The lowest BCUT2D eigenvalue weighted by Gasteiger charge is -2.31. The van der Waals surface area contributed by atoms with E-state index in [4.69, 9.17) is 18.0 Å².